The number of aromatic nitrogens is 3. The number of methoxy groups -OCH3 is 1. The molecule has 0 radical (unpaired) electrons. The van der Waals surface area contributed by atoms with E-state index in [4.69, 9.17) is 16.9 Å². The summed E-state index contributed by atoms with van der Waals surface area (Å²) in [6.07, 6.45) is 7.92. The molecule has 1 aliphatic heterocycles. The maximum Gasteiger partial charge on any atom is 0.332 e. The average Bonchev–Trinajstić information content (AvgIpc) is 2.86. The van der Waals surface area contributed by atoms with Crippen molar-refractivity contribution in [3.63, 3.8) is 0 Å². The fraction of sp³-hybridized carbons (Fsp3) is 0.375. The summed E-state index contributed by atoms with van der Waals surface area (Å²) in [7, 11) is -3.58. The summed E-state index contributed by atoms with van der Waals surface area (Å²) in [5.41, 5.74) is 7.31. The molecule has 0 amide bonds. The SMILES string of the molecule is C#CCN1CCN(CCCNc2ncc3cc(-c4cc(OC)cc(S(=O)(=O)F)c4)c(N)nc3n2)CC1. The molecule has 12 heteroatoms. The van der Waals surface area contributed by atoms with E-state index in [1.165, 1.54) is 13.2 Å². The van der Waals surface area contributed by atoms with Gasteiger partial charge < -0.3 is 20.7 Å². The molecule has 1 aliphatic rings. The molecule has 1 fully saturated rings. The molecular weight excluding hydrogens is 485 g/mol. The van der Waals surface area contributed by atoms with Crippen LogP contribution in [0.1, 0.15) is 6.42 Å². The predicted octanol–water partition coefficient (Wildman–Crippen LogP) is 1.99. The molecule has 1 aromatic carbocycles. The molecule has 0 saturated carbocycles. The van der Waals surface area contributed by atoms with Gasteiger partial charge in [0.15, 0.2) is 5.65 Å². The number of hydrogen-bond donors (Lipinski definition) is 2. The fourth-order valence-corrected chi connectivity index (χ4v) is 4.61. The minimum atomic E-state index is -4.94. The van der Waals surface area contributed by atoms with Crippen LogP contribution in [0.15, 0.2) is 35.4 Å². The minimum absolute atomic E-state index is 0.117. The molecule has 0 bridgehead atoms. The van der Waals surface area contributed by atoms with Crippen molar-refractivity contribution in [1.82, 2.24) is 24.8 Å². The molecule has 2 aromatic heterocycles. The van der Waals surface area contributed by atoms with E-state index in [-0.39, 0.29) is 11.6 Å². The molecule has 4 rings (SSSR count). The highest BCUT2D eigenvalue weighted by atomic mass is 32.3. The monoisotopic (exact) mass is 513 g/mol. The number of nitrogen functional groups attached to an aromatic ring is 1. The largest absolute Gasteiger partial charge is 0.497 e. The van der Waals surface area contributed by atoms with Crippen LogP contribution in [0.4, 0.5) is 15.7 Å². The Hall–Kier alpha value is -3.53. The van der Waals surface area contributed by atoms with Gasteiger partial charge in [0.1, 0.15) is 16.5 Å². The highest BCUT2D eigenvalue weighted by molar-refractivity contribution is 7.86. The standard InChI is InChI=1S/C24H28FN7O3S/c1-3-6-31-8-10-32(11-9-31)7-4-5-27-24-28-16-18-14-21(22(26)29-23(18)30-24)17-12-19(35-2)15-20(13-17)36(25,33)34/h1,12-16H,4-11H2,2H3,(H3,26,27,28,29,30). The zero-order chi connectivity index (χ0) is 25.7. The van der Waals surface area contributed by atoms with Gasteiger partial charge in [-0.15, -0.1) is 10.3 Å². The van der Waals surface area contributed by atoms with E-state index in [1.54, 1.807) is 18.3 Å². The molecule has 0 unspecified atom stereocenters. The van der Waals surface area contributed by atoms with Gasteiger partial charge in [0.25, 0.3) is 0 Å². The quantitative estimate of drug-likeness (QED) is 0.249. The summed E-state index contributed by atoms with van der Waals surface area (Å²) in [5, 5.41) is 3.82. The number of nitrogens with one attached hydrogen (secondary N) is 1. The van der Waals surface area contributed by atoms with E-state index in [9.17, 15) is 12.3 Å². The fourth-order valence-electron chi connectivity index (χ4n) is 4.08. The van der Waals surface area contributed by atoms with E-state index < -0.39 is 15.1 Å². The van der Waals surface area contributed by atoms with Crippen molar-refractivity contribution < 1.29 is 17.0 Å². The Labute approximate surface area is 209 Å². The van der Waals surface area contributed by atoms with Crippen molar-refractivity contribution in [2.24, 2.45) is 0 Å². The normalized spacial score (nSPS) is 15.0. The third kappa shape index (κ3) is 6.17. The van der Waals surface area contributed by atoms with Gasteiger partial charge in [-0.25, -0.2) is 9.97 Å². The van der Waals surface area contributed by atoms with Crippen molar-refractivity contribution in [1.29, 1.82) is 0 Å². The topological polar surface area (TPSA) is 127 Å². The van der Waals surface area contributed by atoms with Crippen LogP contribution in [0.2, 0.25) is 0 Å². The second-order valence-electron chi connectivity index (χ2n) is 8.46. The first kappa shape index (κ1) is 25.6. The van der Waals surface area contributed by atoms with Crippen LogP contribution in [0.3, 0.4) is 0 Å². The molecule has 36 heavy (non-hydrogen) atoms. The van der Waals surface area contributed by atoms with Crippen LogP contribution >= 0.6 is 0 Å². The van der Waals surface area contributed by atoms with Crippen molar-refractivity contribution in [3.05, 3.63) is 30.5 Å². The number of halogens is 1. The van der Waals surface area contributed by atoms with E-state index in [2.05, 4.69) is 36.0 Å². The number of nitrogens with two attached hydrogens (primary N) is 1. The number of pyridine rings is 1. The number of benzene rings is 1. The Kier molecular flexibility index (Phi) is 7.83. The number of nitrogens with zero attached hydrogens (tertiary/aromatic N) is 5. The van der Waals surface area contributed by atoms with Crippen molar-refractivity contribution >= 4 is 33.0 Å². The summed E-state index contributed by atoms with van der Waals surface area (Å²) in [6.45, 7) is 6.36. The highest BCUT2D eigenvalue weighted by Crippen LogP contribution is 2.33. The second kappa shape index (κ2) is 11.0. The van der Waals surface area contributed by atoms with Crippen LogP contribution in [0, 0.1) is 12.3 Å². The number of ether oxygens (including phenoxy) is 1. The van der Waals surface area contributed by atoms with Crippen LogP contribution in [-0.2, 0) is 10.2 Å². The van der Waals surface area contributed by atoms with Crippen LogP contribution < -0.4 is 15.8 Å². The lowest BCUT2D eigenvalue weighted by atomic mass is 10.1. The van der Waals surface area contributed by atoms with Crippen molar-refractivity contribution in [2.75, 3.05) is 64.0 Å². The smallest absolute Gasteiger partial charge is 0.332 e. The molecule has 3 N–H and O–H groups in total. The Balaban J connectivity index is 1.42. The van der Waals surface area contributed by atoms with Gasteiger partial charge >= 0.3 is 10.2 Å². The minimum Gasteiger partial charge on any atom is -0.497 e. The first-order valence-corrected chi connectivity index (χ1v) is 12.8. The molecule has 0 atom stereocenters. The van der Waals surface area contributed by atoms with E-state index in [0.29, 0.717) is 41.2 Å². The molecule has 1 saturated heterocycles. The molecule has 3 aromatic rings. The zero-order valence-electron chi connectivity index (χ0n) is 19.9. The van der Waals surface area contributed by atoms with Gasteiger partial charge in [-0.2, -0.15) is 13.4 Å². The summed E-state index contributed by atoms with van der Waals surface area (Å²) in [4.78, 5) is 17.3. The van der Waals surface area contributed by atoms with Gasteiger partial charge in [0, 0.05) is 55.9 Å². The lowest BCUT2D eigenvalue weighted by Crippen LogP contribution is -2.46. The summed E-state index contributed by atoms with van der Waals surface area (Å²) in [6, 6.07) is 5.52. The lowest BCUT2D eigenvalue weighted by Gasteiger charge is -2.33. The Bertz CT molecular complexity index is 1390. The van der Waals surface area contributed by atoms with Gasteiger partial charge in [-0.3, -0.25) is 4.90 Å². The molecule has 3 heterocycles. The molecule has 0 spiro atoms. The predicted molar refractivity (Wildman–Crippen MR) is 137 cm³/mol. The maximum absolute atomic E-state index is 13.6. The Morgan fingerprint density at radius 1 is 1.17 bits per heavy atom. The summed E-state index contributed by atoms with van der Waals surface area (Å²) in [5.74, 6) is 3.42. The molecule has 190 valence electrons. The zero-order valence-corrected chi connectivity index (χ0v) is 20.8. The number of piperazine rings is 1. The van der Waals surface area contributed by atoms with E-state index >= 15 is 0 Å². The van der Waals surface area contributed by atoms with Crippen LogP contribution in [0.5, 0.6) is 5.75 Å². The third-order valence-corrected chi connectivity index (χ3v) is 6.82. The Morgan fingerprint density at radius 2 is 1.92 bits per heavy atom. The van der Waals surface area contributed by atoms with Crippen LogP contribution in [-0.4, -0.2) is 86.1 Å². The maximum atomic E-state index is 13.6. The summed E-state index contributed by atoms with van der Waals surface area (Å²) >= 11 is 0. The lowest BCUT2D eigenvalue weighted by molar-refractivity contribution is 0.144. The number of terminal acetylenes is 1. The highest BCUT2D eigenvalue weighted by Gasteiger charge is 2.18. The van der Waals surface area contributed by atoms with Gasteiger partial charge in [0.2, 0.25) is 5.95 Å². The molecule has 0 aliphatic carbocycles. The average molecular weight is 514 g/mol. The number of hydrogen-bond acceptors (Lipinski definition) is 10. The van der Waals surface area contributed by atoms with E-state index in [1.807, 2.05) is 0 Å². The number of anilines is 2. The van der Waals surface area contributed by atoms with Gasteiger partial charge in [-0.05, 0) is 36.7 Å². The summed E-state index contributed by atoms with van der Waals surface area (Å²) < 4.78 is 41.7. The second-order valence-corrected chi connectivity index (χ2v) is 9.81. The Morgan fingerprint density at radius 3 is 2.61 bits per heavy atom. The van der Waals surface area contributed by atoms with Gasteiger partial charge in [0.05, 0.1) is 13.7 Å². The van der Waals surface area contributed by atoms with Crippen molar-refractivity contribution in [2.45, 2.75) is 11.3 Å². The van der Waals surface area contributed by atoms with Crippen molar-refractivity contribution in [3.8, 4) is 29.2 Å². The molecule has 10 nitrogen and oxygen atoms in total. The van der Waals surface area contributed by atoms with Crippen LogP contribution in [0.25, 0.3) is 22.2 Å². The first-order valence-electron chi connectivity index (χ1n) is 11.5. The van der Waals surface area contributed by atoms with E-state index in [0.717, 1.165) is 45.2 Å². The number of rotatable bonds is 9. The van der Waals surface area contributed by atoms with Gasteiger partial charge in [-0.1, -0.05) is 5.92 Å². The number of fused-ring (bicyclic) bond motifs is 1. The first-order chi connectivity index (χ1) is 17.3. The third-order valence-electron chi connectivity index (χ3n) is 6.02. The molecular formula is C24H28FN7O3S.